The first-order chi connectivity index (χ1) is 8.61. The molecule has 0 unspecified atom stereocenters. The summed E-state index contributed by atoms with van der Waals surface area (Å²) in [7, 11) is 0. The number of rotatable bonds is 3. The van der Waals surface area contributed by atoms with Crippen LogP contribution in [0.4, 0.5) is 5.82 Å². The number of nitrogens with one attached hydrogen (secondary N) is 2. The van der Waals surface area contributed by atoms with Crippen molar-refractivity contribution in [3.8, 4) is 0 Å². The van der Waals surface area contributed by atoms with Crippen LogP contribution < -0.4 is 5.32 Å². The van der Waals surface area contributed by atoms with Gasteiger partial charge in [0.15, 0.2) is 0 Å². The number of carbonyl (C=O) groups is 1. The molecule has 0 saturated carbocycles. The minimum atomic E-state index is -0.152. The van der Waals surface area contributed by atoms with Gasteiger partial charge in [0.05, 0.1) is 11.8 Å². The molecule has 0 aliphatic carbocycles. The summed E-state index contributed by atoms with van der Waals surface area (Å²) in [5.41, 5.74) is 2.71. The van der Waals surface area contributed by atoms with E-state index in [1.165, 1.54) is 0 Å². The number of anilines is 1. The van der Waals surface area contributed by atoms with Crippen molar-refractivity contribution < 1.29 is 4.79 Å². The Bertz CT molecular complexity index is 577. The van der Waals surface area contributed by atoms with Crippen LogP contribution in [0, 0.1) is 6.92 Å². The SMILES string of the molecule is CCc1cn[nH]c1NC(=O)c1ccc(C)cc1Br. The number of carbonyl (C=O) groups excluding carboxylic acids is 1. The number of benzene rings is 1. The van der Waals surface area contributed by atoms with Gasteiger partial charge in [-0.15, -0.1) is 0 Å². The first-order valence-corrected chi connectivity index (χ1v) is 6.51. The molecule has 0 fully saturated rings. The Kier molecular flexibility index (Phi) is 3.81. The van der Waals surface area contributed by atoms with Crippen LogP contribution in [0.15, 0.2) is 28.9 Å². The number of nitrogens with zero attached hydrogens (tertiary/aromatic N) is 1. The highest BCUT2D eigenvalue weighted by molar-refractivity contribution is 9.10. The maximum atomic E-state index is 12.1. The molecule has 4 nitrogen and oxygen atoms in total. The summed E-state index contributed by atoms with van der Waals surface area (Å²) < 4.78 is 0.789. The van der Waals surface area contributed by atoms with Crippen LogP contribution in [0.5, 0.6) is 0 Å². The number of H-pyrrole nitrogens is 1. The number of aromatic amines is 1. The summed E-state index contributed by atoms with van der Waals surface area (Å²) in [5, 5.41) is 9.55. The molecule has 0 atom stereocenters. The summed E-state index contributed by atoms with van der Waals surface area (Å²) in [6.45, 7) is 4.00. The smallest absolute Gasteiger partial charge is 0.257 e. The van der Waals surface area contributed by atoms with Crippen molar-refractivity contribution in [2.24, 2.45) is 0 Å². The van der Waals surface area contributed by atoms with Gasteiger partial charge in [0, 0.05) is 10.0 Å². The van der Waals surface area contributed by atoms with Crippen LogP contribution in [0.3, 0.4) is 0 Å². The molecule has 0 saturated heterocycles. The van der Waals surface area contributed by atoms with Gasteiger partial charge in [0.2, 0.25) is 0 Å². The molecule has 1 amide bonds. The van der Waals surface area contributed by atoms with Crippen LogP contribution in [-0.4, -0.2) is 16.1 Å². The number of amides is 1. The zero-order valence-corrected chi connectivity index (χ0v) is 11.8. The van der Waals surface area contributed by atoms with Gasteiger partial charge in [0.25, 0.3) is 5.91 Å². The predicted octanol–water partition coefficient (Wildman–Crippen LogP) is 3.30. The van der Waals surface area contributed by atoms with Gasteiger partial charge in [-0.25, -0.2) is 0 Å². The van der Waals surface area contributed by atoms with E-state index >= 15 is 0 Å². The largest absolute Gasteiger partial charge is 0.307 e. The summed E-state index contributed by atoms with van der Waals surface area (Å²) >= 11 is 3.40. The van der Waals surface area contributed by atoms with Crippen LogP contribution in [-0.2, 0) is 6.42 Å². The van der Waals surface area contributed by atoms with E-state index in [0.29, 0.717) is 11.4 Å². The van der Waals surface area contributed by atoms with Crippen LogP contribution in [0.25, 0.3) is 0 Å². The molecule has 0 aliphatic heterocycles. The van der Waals surface area contributed by atoms with Crippen molar-refractivity contribution in [2.45, 2.75) is 20.3 Å². The predicted molar refractivity (Wildman–Crippen MR) is 74.8 cm³/mol. The Morgan fingerprint density at radius 2 is 2.28 bits per heavy atom. The number of hydrogen-bond acceptors (Lipinski definition) is 2. The molecule has 18 heavy (non-hydrogen) atoms. The summed E-state index contributed by atoms with van der Waals surface area (Å²) in [6.07, 6.45) is 2.54. The average molecular weight is 308 g/mol. The lowest BCUT2D eigenvalue weighted by Gasteiger charge is -2.07. The van der Waals surface area contributed by atoms with Crippen molar-refractivity contribution in [3.05, 3.63) is 45.6 Å². The zero-order valence-electron chi connectivity index (χ0n) is 10.2. The Morgan fingerprint density at radius 1 is 1.50 bits per heavy atom. The number of hydrogen-bond donors (Lipinski definition) is 2. The van der Waals surface area contributed by atoms with E-state index in [-0.39, 0.29) is 5.91 Å². The third-order valence-corrected chi connectivity index (χ3v) is 3.36. The lowest BCUT2D eigenvalue weighted by atomic mass is 10.1. The van der Waals surface area contributed by atoms with Crippen LogP contribution >= 0.6 is 15.9 Å². The number of aromatic nitrogens is 2. The van der Waals surface area contributed by atoms with E-state index in [4.69, 9.17) is 0 Å². The van der Waals surface area contributed by atoms with Gasteiger partial charge in [-0.05, 0) is 47.0 Å². The molecule has 0 spiro atoms. The highest BCUT2D eigenvalue weighted by atomic mass is 79.9. The second-order valence-electron chi connectivity index (χ2n) is 4.06. The molecule has 2 N–H and O–H groups in total. The molecule has 0 aliphatic rings. The minimum Gasteiger partial charge on any atom is -0.307 e. The molecular weight excluding hydrogens is 294 g/mol. The van der Waals surface area contributed by atoms with Crippen molar-refractivity contribution in [3.63, 3.8) is 0 Å². The van der Waals surface area contributed by atoms with E-state index in [2.05, 4.69) is 31.4 Å². The van der Waals surface area contributed by atoms with E-state index in [0.717, 1.165) is 22.0 Å². The second-order valence-corrected chi connectivity index (χ2v) is 4.92. The summed E-state index contributed by atoms with van der Waals surface area (Å²) in [4.78, 5) is 12.1. The zero-order chi connectivity index (χ0) is 13.1. The van der Waals surface area contributed by atoms with E-state index in [9.17, 15) is 4.79 Å². The van der Waals surface area contributed by atoms with Gasteiger partial charge in [-0.1, -0.05) is 13.0 Å². The van der Waals surface area contributed by atoms with Gasteiger partial charge >= 0.3 is 0 Å². The molecule has 0 bridgehead atoms. The monoisotopic (exact) mass is 307 g/mol. The second kappa shape index (κ2) is 5.35. The van der Waals surface area contributed by atoms with Gasteiger partial charge in [0.1, 0.15) is 5.82 Å². The fourth-order valence-corrected chi connectivity index (χ4v) is 2.35. The maximum Gasteiger partial charge on any atom is 0.257 e. The molecule has 2 rings (SSSR count). The van der Waals surface area contributed by atoms with E-state index < -0.39 is 0 Å². The molecule has 0 radical (unpaired) electrons. The molecular formula is C13H14BrN3O. The Labute approximate surface area is 114 Å². The Hall–Kier alpha value is -1.62. The van der Waals surface area contributed by atoms with Gasteiger partial charge in [-0.3, -0.25) is 9.89 Å². The van der Waals surface area contributed by atoms with Crippen LogP contribution in [0.2, 0.25) is 0 Å². The lowest BCUT2D eigenvalue weighted by Crippen LogP contribution is -2.14. The van der Waals surface area contributed by atoms with Gasteiger partial charge < -0.3 is 5.32 Å². The topological polar surface area (TPSA) is 57.8 Å². The average Bonchev–Trinajstić information content (AvgIpc) is 2.76. The van der Waals surface area contributed by atoms with E-state index in [1.807, 2.05) is 26.0 Å². The van der Waals surface area contributed by atoms with Crippen LogP contribution in [0.1, 0.15) is 28.4 Å². The third-order valence-electron chi connectivity index (χ3n) is 2.71. The fourth-order valence-electron chi connectivity index (χ4n) is 1.67. The molecule has 5 heteroatoms. The molecule has 94 valence electrons. The standard InChI is InChI=1S/C13H14BrN3O/c1-3-9-7-15-17-12(9)16-13(18)10-5-4-8(2)6-11(10)14/h4-7H,3H2,1-2H3,(H2,15,16,17,18). The normalized spacial score (nSPS) is 10.4. The first-order valence-electron chi connectivity index (χ1n) is 5.71. The van der Waals surface area contributed by atoms with E-state index in [1.54, 1.807) is 12.3 Å². The lowest BCUT2D eigenvalue weighted by molar-refractivity contribution is 0.102. The maximum absolute atomic E-state index is 12.1. The highest BCUT2D eigenvalue weighted by Gasteiger charge is 2.12. The molecule has 1 aromatic carbocycles. The van der Waals surface area contributed by atoms with Crippen molar-refractivity contribution in [2.75, 3.05) is 5.32 Å². The summed E-state index contributed by atoms with van der Waals surface area (Å²) in [6, 6.07) is 5.63. The van der Waals surface area contributed by atoms with Gasteiger partial charge in [-0.2, -0.15) is 5.10 Å². The number of halogens is 1. The fraction of sp³-hybridized carbons (Fsp3) is 0.231. The van der Waals surface area contributed by atoms with Crippen molar-refractivity contribution >= 4 is 27.7 Å². The van der Waals surface area contributed by atoms with Crippen molar-refractivity contribution in [1.29, 1.82) is 0 Å². The molecule has 1 aromatic heterocycles. The Morgan fingerprint density at radius 3 is 2.94 bits per heavy atom. The number of aryl methyl sites for hydroxylation is 2. The highest BCUT2D eigenvalue weighted by Crippen LogP contribution is 2.20. The summed E-state index contributed by atoms with van der Waals surface area (Å²) in [5.74, 6) is 0.510. The quantitative estimate of drug-likeness (QED) is 0.914. The molecule has 1 heterocycles. The Balaban J connectivity index is 2.22. The third kappa shape index (κ3) is 2.61. The molecule has 2 aromatic rings. The van der Waals surface area contributed by atoms with Crippen molar-refractivity contribution in [1.82, 2.24) is 10.2 Å². The minimum absolute atomic E-state index is 0.152. The first kappa shape index (κ1) is 12.8.